The highest BCUT2D eigenvalue weighted by Crippen LogP contribution is 2.37. The minimum absolute atomic E-state index is 0.0395. The molecule has 0 amide bonds. The van der Waals surface area contributed by atoms with Crippen molar-refractivity contribution in [3.63, 3.8) is 0 Å². The van der Waals surface area contributed by atoms with Gasteiger partial charge >= 0.3 is 15.5 Å². The predicted molar refractivity (Wildman–Crippen MR) is 171 cm³/mol. The van der Waals surface area contributed by atoms with Crippen LogP contribution in [-0.4, -0.2) is 100 Å². The van der Waals surface area contributed by atoms with Crippen LogP contribution in [0.3, 0.4) is 0 Å². The summed E-state index contributed by atoms with van der Waals surface area (Å²) in [5.41, 5.74) is -4.04. The Balaban J connectivity index is 1.29. The van der Waals surface area contributed by atoms with Gasteiger partial charge in [-0.05, 0) is 44.2 Å². The minimum atomic E-state index is -5.64. The van der Waals surface area contributed by atoms with Crippen molar-refractivity contribution in [1.82, 2.24) is 19.8 Å². The average molecular weight is 669 g/mol. The maximum Gasteiger partial charge on any atom is 0.516 e. The molecule has 3 aromatic rings. The van der Waals surface area contributed by atoms with Gasteiger partial charge in [0.25, 0.3) is 0 Å². The van der Waals surface area contributed by atoms with E-state index < -0.39 is 15.5 Å². The lowest BCUT2D eigenvalue weighted by molar-refractivity contribution is -0.0437. The van der Waals surface area contributed by atoms with E-state index in [0.717, 1.165) is 64.8 Å². The number of hydrogen-bond donors (Lipinski definition) is 2. The molecule has 2 fully saturated rings. The summed E-state index contributed by atoms with van der Waals surface area (Å²) in [5.74, 6) is 0.763. The summed E-state index contributed by atoms with van der Waals surface area (Å²) >= 11 is 6.31. The molecule has 2 aromatic carbocycles. The Bertz CT molecular complexity index is 1600. The molecule has 0 bridgehead atoms. The topological polar surface area (TPSA) is 106 Å². The Hall–Kier alpha value is -3.53. The molecule has 244 valence electrons. The summed E-state index contributed by atoms with van der Waals surface area (Å²) in [6, 6.07) is 12.0. The highest BCUT2D eigenvalue weighted by atomic mass is 35.5. The zero-order chi connectivity index (χ0) is 32.4. The fourth-order valence-corrected chi connectivity index (χ4v) is 6.42. The van der Waals surface area contributed by atoms with Crippen molar-refractivity contribution in [2.75, 3.05) is 80.3 Å². The standard InChI is InChI=1S/C29H36ClF3N8O3S/c1-38-14-16-41(17-15-38)20-10-12-40(13-11-20)21-8-9-24(26(18-21)44-3)36-28-34-19-22(30)27(37-28)35-23-6-4-5-7-25(23)39(2)45(42,43)29(31,32)33/h4-9,18-20H,10-17H2,1-3H3,(H2,34,35,36,37). The molecule has 0 spiro atoms. The second kappa shape index (κ2) is 13.4. The first-order valence-corrected chi connectivity index (χ1v) is 16.3. The first-order chi connectivity index (χ1) is 21.4. The quantitative estimate of drug-likeness (QED) is 0.319. The summed E-state index contributed by atoms with van der Waals surface area (Å²) in [4.78, 5) is 16.0. The Kier molecular flexibility index (Phi) is 9.82. The van der Waals surface area contributed by atoms with Crippen LogP contribution in [0.25, 0.3) is 0 Å². The van der Waals surface area contributed by atoms with Gasteiger partial charge in [0.1, 0.15) is 10.8 Å². The van der Waals surface area contributed by atoms with E-state index in [1.165, 1.54) is 30.5 Å². The van der Waals surface area contributed by atoms with Crippen molar-refractivity contribution in [3.05, 3.63) is 53.7 Å². The number of aromatic nitrogens is 2. The van der Waals surface area contributed by atoms with Crippen molar-refractivity contribution >= 4 is 56.1 Å². The van der Waals surface area contributed by atoms with E-state index in [2.05, 4.69) is 42.3 Å². The largest absolute Gasteiger partial charge is 0.516 e. The Morgan fingerprint density at radius 1 is 1.00 bits per heavy atom. The van der Waals surface area contributed by atoms with Gasteiger partial charge in [0.2, 0.25) is 5.95 Å². The van der Waals surface area contributed by atoms with E-state index in [1.807, 2.05) is 18.2 Å². The molecular weight excluding hydrogens is 633 g/mol. The van der Waals surface area contributed by atoms with Crippen molar-refractivity contribution in [3.8, 4) is 5.75 Å². The van der Waals surface area contributed by atoms with Crippen LogP contribution in [0.2, 0.25) is 5.02 Å². The maximum atomic E-state index is 13.2. The van der Waals surface area contributed by atoms with Gasteiger partial charge in [-0.1, -0.05) is 23.7 Å². The summed E-state index contributed by atoms with van der Waals surface area (Å²) < 4.78 is 69.6. The highest BCUT2D eigenvalue weighted by molar-refractivity contribution is 7.93. The Morgan fingerprint density at radius 2 is 1.69 bits per heavy atom. The van der Waals surface area contributed by atoms with Crippen molar-refractivity contribution in [2.24, 2.45) is 0 Å². The molecule has 1 aromatic heterocycles. The maximum absolute atomic E-state index is 13.2. The summed E-state index contributed by atoms with van der Waals surface area (Å²) in [6.45, 7) is 6.34. The second-order valence-corrected chi connectivity index (χ2v) is 13.4. The number of benzene rings is 2. The number of likely N-dealkylation sites (N-methyl/N-ethyl adjacent to an activating group) is 1. The number of nitrogens with one attached hydrogen (secondary N) is 2. The lowest BCUT2D eigenvalue weighted by Crippen LogP contribution is -2.52. The molecule has 0 aliphatic carbocycles. The van der Waals surface area contributed by atoms with Crippen molar-refractivity contribution in [2.45, 2.75) is 24.4 Å². The van der Waals surface area contributed by atoms with E-state index in [-0.39, 0.29) is 32.5 Å². The van der Waals surface area contributed by atoms with Gasteiger partial charge in [-0.25, -0.2) is 4.98 Å². The normalized spacial score (nSPS) is 17.3. The zero-order valence-corrected chi connectivity index (χ0v) is 26.8. The van der Waals surface area contributed by atoms with Gasteiger partial charge in [0.05, 0.1) is 30.4 Å². The van der Waals surface area contributed by atoms with E-state index in [9.17, 15) is 21.6 Å². The molecule has 45 heavy (non-hydrogen) atoms. The second-order valence-electron chi connectivity index (χ2n) is 11.0. The van der Waals surface area contributed by atoms with Crippen LogP contribution < -0.4 is 24.6 Å². The number of ether oxygens (including phenoxy) is 1. The predicted octanol–water partition coefficient (Wildman–Crippen LogP) is 5.13. The lowest BCUT2D eigenvalue weighted by atomic mass is 10.0. The number of anilines is 6. The van der Waals surface area contributed by atoms with E-state index in [1.54, 1.807) is 7.11 Å². The molecule has 0 saturated carbocycles. The van der Waals surface area contributed by atoms with Crippen LogP contribution in [0.15, 0.2) is 48.7 Å². The van der Waals surface area contributed by atoms with Crippen LogP contribution in [-0.2, 0) is 10.0 Å². The third kappa shape index (κ3) is 7.32. The molecule has 5 rings (SSSR count). The van der Waals surface area contributed by atoms with Crippen LogP contribution in [0.4, 0.5) is 47.7 Å². The number of piperazine rings is 1. The number of para-hydroxylation sites is 2. The van der Waals surface area contributed by atoms with Crippen LogP contribution in [0.1, 0.15) is 12.8 Å². The van der Waals surface area contributed by atoms with E-state index in [0.29, 0.717) is 17.5 Å². The molecule has 16 heteroatoms. The van der Waals surface area contributed by atoms with Gasteiger partial charge in [0, 0.05) is 64.1 Å². The third-order valence-electron chi connectivity index (χ3n) is 8.21. The van der Waals surface area contributed by atoms with Gasteiger partial charge in [-0.15, -0.1) is 0 Å². The van der Waals surface area contributed by atoms with Gasteiger partial charge in [-0.3, -0.25) is 9.21 Å². The highest BCUT2D eigenvalue weighted by Gasteiger charge is 2.49. The third-order valence-corrected chi connectivity index (χ3v) is 9.99. The van der Waals surface area contributed by atoms with Gasteiger partial charge in [-0.2, -0.15) is 26.6 Å². The van der Waals surface area contributed by atoms with Crippen LogP contribution >= 0.6 is 11.6 Å². The molecule has 2 N–H and O–H groups in total. The number of methoxy groups -OCH3 is 1. The number of nitrogens with zero attached hydrogens (tertiary/aromatic N) is 6. The smallest absolute Gasteiger partial charge is 0.494 e. The van der Waals surface area contributed by atoms with Gasteiger partial charge in [0.15, 0.2) is 5.82 Å². The summed E-state index contributed by atoms with van der Waals surface area (Å²) in [6.07, 6.45) is 3.52. The molecule has 11 nitrogen and oxygen atoms in total. The first-order valence-electron chi connectivity index (χ1n) is 14.4. The van der Waals surface area contributed by atoms with Gasteiger partial charge < -0.3 is 25.2 Å². The van der Waals surface area contributed by atoms with Crippen LogP contribution in [0.5, 0.6) is 5.75 Å². The fourth-order valence-electron chi connectivity index (χ4n) is 5.56. The Labute approximate surface area is 266 Å². The average Bonchev–Trinajstić information content (AvgIpc) is 3.02. The fraction of sp³-hybridized carbons (Fsp3) is 0.448. The van der Waals surface area contributed by atoms with E-state index >= 15 is 0 Å². The first kappa shape index (κ1) is 32.9. The molecule has 2 aliphatic rings. The molecule has 2 saturated heterocycles. The number of halogens is 4. The summed E-state index contributed by atoms with van der Waals surface area (Å²) in [5, 5.41) is 6.02. The molecular formula is C29H36ClF3N8O3S. The van der Waals surface area contributed by atoms with Crippen LogP contribution in [0, 0.1) is 0 Å². The minimum Gasteiger partial charge on any atom is -0.494 e. The number of alkyl halides is 3. The SMILES string of the molecule is COc1cc(N2CCC(N3CCN(C)CC3)CC2)ccc1Nc1ncc(Cl)c(Nc2ccccc2N(C)S(=O)(=O)C(F)(F)F)n1. The molecule has 3 heterocycles. The Morgan fingerprint density at radius 3 is 2.36 bits per heavy atom. The molecule has 0 atom stereocenters. The van der Waals surface area contributed by atoms with Crippen molar-refractivity contribution in [1.29, 1.82) is 0 Å². The monoisotopic (exact) mass is 668 g/mol. The van der Waals surface area contributed by atoms with E-state index in [4.69, 9.17) is 16.3 Å². The van der Waals surface area contributed by atoms with Crippen molar-refractivity contribution < 1.29 is 26.3 Å². The molecule has 0 radical (unpaired) electrons. The number of piperidine rings is 1. The molecule has 2 aliphatic heterocycles. The summed E-state index contributed by atoms with van der Waals surface area (Å²) in [7, 11) is -1.08. The number of rotatable bonds is 9. The number of hydrogen-bond acceptors (Lipinski definition) is 10. The molecule has 0 unspecified atom stereocenters. The lowest BCUT2D eigenvalue weighted by Gasteiger charge is -2.42. The number of sulfonamides is 1. The zero-order valence-electron chi connectivity index (χ0n) is 25.2.